The van der Waals surface area contributed by atoms with Crippen LogP contribution in [0.5, 0.6) is 0 Å². The lowest BCUT2D eigenvalue weighted by Crippen LogP contribution is -2.14. The minimum absolute atomic E-state index is 0.159. The van der Waals surface area contributed by atoms with Gasteiger partial charge >= 0.3 is 0 Å². The van der Waals surface area contributed by atoms with Crippen molar-refractivity contribution in [2.45, 2.75) is 5.16 Å². The Hall–Kier alpha value is -2.32. The number of nitrogens with one attached hydrogen (secondary N) is 2. The first-order valence-corrected chi connectivity index (χ1v) is 7.60. The van der Waals surface area contributed by atoms with E-state index in [1.165, 1.54) is 17.8 Å². The molecule has 9 heteroatoms. The van der Waals surface area contributed by atoms with Gasteiger partial charge in [-0.2, -0.15) is 0 Å². The fourth-order valence-electron chi connectivity index (χ4n) is 1.78. The van der Waals surface area contributed by atoms with E-state index in [9.17, 15) is 9.59 Å². The quantitative estimate of drug-likeness (QED) is 0.709. The molecular weight excluding hydrogens is 326 g/mol. The van der Waals surface area contributed by atoms with Crippen molar-refractivity contribution in [3.8, 4) is 0 Å². The van der Waals surface area contributed by atoms with Gasteiger partial charge in [-0.05, 0) is 18.2 Å². The summed E-state index contributed by atoms with van der Waals surface area (Å²) in [5.74, 6) is 0.311. The molecule has 0 saturated carbocycles. The molecule has 0 radical (unpaired) electrons. The number of halogens is 1. The Labute approximate surface area is 133 Å². The van der Waals surface area contributed by atoms with Gasteiger partial charge in [-0.25, -0.2) is 0 Å². The number of rotatable bonds is 4. The minimum atomic E-state index is -0.254. The summed E-state index contributed by atoms with van der Waals surface area (Å²) >= 11 is 7.07. The highest BCUT2D eigenvalue weighted by Crippen LogP contribution is 2.17. The summed E-state index contributed by atoms with van der Waals surface area (Å²) in [4.78, 5) is 25.6. The van der Waals surface area contributed by atoms with Gasteiger partial charge in [0.2, 0.25) is 11.7 Å². The lowest BCUT2D eigenvalue weighted by molar-refractivity contribution is -0.113. The van der Waals surface area contributed by atoms with Gasteiger partial charge in [0, 0.05) is 23.0 Å². The molecule has 0 saturated heterocycles. The molecule has 2 heterocycles. The number of carbonyl (C=O) groups is 1. The third kappa shape index (κ3) is 3.29. The van der Waals surface area contributed by atoms with Crippen molar-refractivity contribution in [3.05, 3.63) is 51.9 Å². The molecule has 2 aromatic heterocycles. The number of anilines is 1. The van der Waals surface area contributed by atoms with Crippen molar-refractivity contribution < 1.29 is 4.79 Å². The molecule has 3 rings (SSSR count). The summed E-state index contributed by atoms with van der Waals surface area (Å²) in [6.07, 6.45) is 1.56. The van der Waals surface area contributed by atoms with E-state index in [0.717, 1.165) is 0 Å². The molecule has 0 aliphatic rings. The smallest absolute Gasteiger partial charge is 0.252 e. The molecule has 0 bridgehead atoms. The molecule has 112 valence electrons. The average molecular weight is 336 g/mol. The number of nitrogens with zero attached hydrogens (tertiary/aromatic N) is 3. The largest absolute Gasteiger partial charge is 0.325 e. The van der Waals surface area contributed by atoms with Crippen molar-refractivity contribution in [2.75, 3.05) is 11.1 Å². The number of carbonyl (C=O) groups excluding carboxylic acids is 1. The van der Waals surface area contributed by atoms with Crippen molar-refractivity contribution in [2.24, 2.45) is 0 Å². The minimum Gasteiger partial charge on any atom is -0.325 e. The molecule has 0 atom stereocenters. The van der Waals surface area contributed by atoms with Gasteiger partial charge in [-0.3, -0.25) is 19.0 Å². The zero-order valence-electron chi connectivity index (χ0n) is 11.1. The second-order valence-electron chi connectivity index (χ2n) is 4.33. The van der Waals surface area contributed by atoms with E-state index in [2.05, 4.69) is 20.5 Å². The summed E-state index contributed by atoms with van der Waals surface area (Å²) in [5.41, 5.74) is 0.378. The van der Waals surface area contributed by atoms with Crippen LogP contribution >= 0.6 is 23.4 Å². The highest BCUT2D eigenvalue weighted by atomic mass is 35.5. The number of aromatic nitrogens is 4. The lowest BCUT2D eigenvalue weighted by atomic mass is 10.3. The molecule has 1 aromatic carbocycles. The summed E-state index contributed by atoms with van der Waals surface area (Å²) in [6, 6.07) is 8.28. The zero-order valence-corrected chi connectivity index (χ0v) is 12.7. The van der Waals surface area contributed by atoms with E-state index in [4.69, 9.17) is 11.6 Å². The predicted molar refractivity (Wildman–Crippen MR) is 84.4 cm³/mol. The summed E-state index contributed by atoms with van der Waals surface area (Å²) in [6.45, 7) is 0. The van der Waals surface area contributed by atoms with E-state index in [1.807, 2.05) is 0 Å². The van der Waals surface area contributed by atoms with E-state index < -0.39 is 0 Å². The van der Waals surface area contributed by atoms with Crippen LogP contribution in [0.3, 0.4) is 0 Å². The maximum absolute atomic E-state index is 11.9. The van der Waals surface area contributed by atoms with Crippen LogP contribution in [0.2, 0.25) is 5.02 Å². The van der Waals surface area contributed by atoms with Crippen LogP contribution in [0.25, 0.3) is 5.78 Å². The van der Waals surface area contributed by atoms with Gasteiger partial charge in [0.05, 0.1) is 5.75 Å². The molecular formula is C13H10ClN5O2S. The van der Waals surface area contributed by atoms with E-state index in [1.54, 1.807) is 34.9 Å². The Kier molecular flexibility index (Phi) is 4.12. The molecule has 7 nitrogen and oxygen atoms in total. The topological polar surface area (TPSA) is 92.2 Å². The van der Waals surface area contributed by atoms with Crippen molar-refractivity contribution >= 4 is 40.7 Å². The standard InChI is InChI=1S/C13H10ClN5O2S/c14-8-2-1-3-9(6-8)15-11(21)7-22-13-18-17-12-16-10(20)4-5-19(12)13/h1-6H,7H2,(H,15,21)(H,16,17,20). The van der Waals surface area contributed by atoms with Gasteiger partial charge in [-0.1, -0.05) is 29.4 Å². The van der Waals surface area contributed by atoms with Crippen molar-refractivity contribution in [1.82, 2.24) is 19.6 Å². The number of H-pyrrole nitrogens is 1. The number of thioether (sulfide) groups is 1. The molecule has 1 amide bonds. The Morgan fingerprint density at radius 2 is 2.23 bits per heavy atom. The summed E-state index contributed by atoms with van der Waals surface area (Å²) in [7, 11) is 0. The Bertz CT molecular complexity index is 891. The maximum Gasteiger partial charge on any atom is 0.252 e. The first-order valence-electron chi connectivity index (χ1n) is 6.24. The SMILES string of the molecule is O=C(CSc1nnc2[nH]c(=O)ccn12)Nc1cccc(Cl)c1. The average Bonchev–Trinajstić information content (AvgIpc) is 2.87. The monoisotopic (exact) mass is 335 g/mol. The van der Waals surface area contributed by atoms with Crippen LogP contribution in [0.1, 0.15) is 0 Å². The number of benzene rings is 1. The number of hydrogen-bond acceptors (Lipinski definition) is 5. The second kappa shape index (κ2) is 6.20. The van der Waals surface area contributed by atoms with Crippen LogP contribution < -0.4 is 10.9 Å². The van der Waals surface area contributed by atoms with E-state index in [-0.39, 0.29) is 17.2 Å². The number of fused-ring (bicyclic) bond motifs is 1. The van der Waals surface area contributed by atoms with Crippen molar-refractivity contribution in [3.63, 3.8) is 0 Å². The van der Waals surface area contributed by atoms with Crippen molar-refractivity contribution in [1.29, 1.82) is 0 Å². The Balaban J connectivity index is 1.66. The number of hydrogen-bond donors (Lipinski definition) is 2. The molecule has 0 unspecified atom stereocenters. The maximum atomic E-state index is 11.9. The molecule has 0 aliphatic heterocycles. The molecule has 2 N–H and O–H groups in total. The third-order valence-electron chi connectivity index (χ3n) is 2.72. The van der Waals surface area contributed by atoms with Crippen LogP contribution in [0, 0.1) is 0 Å². The first-order chi connectivity index (χ1) is 10.6. The summed E-state index contributed by atoms with van der Waals surface area (Å²) in [5, 5.41) is 11.6. The van der Waals surface area contributed by atoms with E-state index in [0.29, 0.717) is 21.6 Å². The van der Waals surface area contributed by atoms with Gasteiger partial charge < -0.3 is 5.32 Å². The summed E-state index contributed by atoms with van der Waals surface area (Å²) < 4.78 is 1.61. The number of aromatic amines is 1. The van der Waals surface area contributed by atoms with E-state index >= 15 is 0 Å². The first kappa shape index (κ1) is 14.6. The number of amides is 1. The normalized spacial score (nSPS) is 10.8. The lowest BCUT2D eigenvalue weighted by Gasteiger charge is -2.04. The molecule has 3 aromatic rings. The molecule has 0 fully saturated rings. The van der Waals surface area contributed by atoms with Gasteiger partial charge in [-0.15, -0.1) is 10.2 Å². The highest BCUT2D eigenvalue weighted by molar-refractivity contribution is 7.99. The van der Waals surface area contributed by atoms with Crippen LogP contribution in [-0.4, -0.2) is 31.2 Å². The second-order valence-corrected chi connectivity index (χ2v) is 5.71. The fraction of sp³-hybridized carbons (Fsp3) is 0.0769. The van der Waals surface area contributed by atoms with Gasteiger partial charge in [0.15, 0.2) is 5.16 Å². The van der Waals surface area contributed by atoms with Gasteiger partial charge in [0.1, 0.15) is 0 Å². The van der Waals surface area contributed by atoms with Gasteiger partial charge in [0.25, 0.3) is 5.56 Å². The third-order valence-corrected chi connectivity index (χ3v) is 3.89. The van der Waals surface area contributed by atoms with Crippen LogP contribution in [-0.2, 0) is 4.79 Å². The molecule has 22 heavy (non-hydrogen) atoms. The van der Waals surface area contributed by atoms with Crippen LogP contribution in [0.4, 0.5) is 5.69 Å². The Morgan fingerprint density at radius 3 is 3.05 bits per heavy atom. The predicted octanol–water partition coefficient (Wildman–Crippen LogP) is 1.80. The highest BCUT2D eigenvalue weighted by Gasteiger charge is 2.10. The molecule has 0 spiro atoms. The zero-order chi connectivity index (χ0) is 15.5. The Morgan fingerprint density at radius 1 is 1.36 bits per heavy atom. The molecule has 0 aliphatic carbocycles. The fourth-order valence-corrected chi connectivity index (χ4v) is 2.69. The van der Waals surface area contributed by atoms with Crippen LogP contribution in [0.15, 0.2) is 46.5 Å².